The van der Waals surface area contributed by atoms with E-state index in [0.717, 1.165) is 5.56 Å². The van der Waals surface area contributed by atoms with Gasteiger partial charge >= 0.3 is 6.03 Å². The first-order chi connectivity index (χ1) is 13.4. The minimum Gasteiger partial charge on any atom is -0.334 e. The Kier molecular flexibility index (Phi) is 6.58. The van der Waals surface area contributed by atoms with Crippen LogP contribution >= 0.6 is 0 Å². The van der Waals surface area contributed by atoms with Crippen LogP contribution in [0.1, 0.15) is 31.2 Å². The van der Waals surface area contributed by atoms with Gasteiger partial charge in [-0.3, -0.25) is 4.98 Å². The van der Waals surface area contributed by atoms with Gasteiger partial charge in [0.05, 0.1) is 4.90 Å². The molecule has 0 spiro atoms. The van der Waals surface area contributed by atoms with Crippen LogP contribution in [0.4, 0.5) is 14.9 Å². The SMILES string of the molecule is O=C(NCc1cccnc1)Nc1ccc(S(=O)(=O)NC2CCCC(F)C2)cc1. The summed E-state index contributed by atoms with van der Waals surface area (Å²) < 4.78 is 41.0. The summed E-state index contributed by atoms with van der Waals surface area (Å²) in [7, 11) is -3.73. The molecule has 9 heteroatoms. The van der Waals surface area contributed by atoms with Crippen LogP contribution in [0.3, 0.4) is 0 Å². The molecule has 1 saturated carbocycles. The smallest absolute Gasteiger partial charge is 0.319 e. The molecular weight excluding hydrogens is 383 g/mol. The third-order valence-corrected chi connectivity index (χ3v) is 6.07. The van der Waals surface area contributed by atoms with E-state index in [4.69, 9.17) is 0 Å². The van der Waals surface area contributed by atoms with Crippen molar-refractivity contribution in [3.05, 3.63) is 54.4 Å². The Morgan fingerprint density at radius 3 is 2.64 bits per heavy atom. The Morgan fingerprint density at radius 2 is 1.96 bits per heavy atom. The number of urea groups is 1. The Labute approximate surface area is 163 Å². The minimum atomic E-state index is -3.73. The van der Waals surface area contributed by atoms with Gasteiger partial charge in [-0.15, -0.1) is 0 Å². The highest BCUT2D eigenvalue weighted by molar-refractivity contribution is 7.89. The van der Waals surface area contributed by atoms with Crippen molar-refractivity contribution in [2.75, 3.05) is 5.32 Å². The van der Waals surface area contributed by atoms with Gasteiger partial charge in [-0.2, -0.15) is 0 Å². The Hall–Kier alpha value is -2.52. The van der Waals surface area contributed by atoms with Crippen molar-refractivity contribution in [2.24, 2.45) is 0 Å². The van der Waals surface area contributed by atoms with E-state index in [1.165, 1.54) is 24.3 Å². The van der Waals surface area contributed by atoms with E-state index in [0.29, 0.717) is 31.5 Å². The number of carbonyl (C=O) groups is 1. The lowest BCUT2D eigenvalue weighted by molar-refractivity contribution is 0.225. The van der Waals surface area contributed by atoms with Crippen LogP contribution in [0, 0.1) is 0 Å². The number of anilines is 1. The summed E-state index contributed by atoms with van der Waals surface area (Å²) in [5.74, 6) is 0. The van der Waals surface area contributed by atoms with Crippen molar-refractivity contribution in [3.63, 3.8) is 0 Å². The van der Waals surface area contributed by atoms with Crippen molar-refractivity contribution in [2.45, 2.75) is 49.3 Å². The van der Waals surface area contributed by atoms with Crippen LogP contribution in [0.5, 0.6) is 0 Å². The number of amides is 2. The molecular formula is C19H23FN4O3S. The molecule has 0 radical (unpaired) electrons. The topological polar surface area (TPSA) is 100 Å². The largest absolute Gasteiger partial charge is 0.334 e. The standard InChI is InChI=1S/C19H23FN4O3S/c20-15-4-1-5-17(11-15)24-28(26,27)18-8-6-16(7-9-18)23-19(25)22-13-14-3-2-10-21-12-14/h2-3,6-10,12,15,17,24H,1,4-5,11,13H2,(H2,22,23,25). The molecule has 2 aromatic rings. The van der Waals surface area contributed by atoms with E-state index in [-0.39, 0.29) is 17.4 Å². The highest BCUT2D eigenvalue weighted by atomic mass is 32.2. The normalized spacial score (nSPS) is 19.8. The number of nitrogens with zero attached hydrogens (tertiary/aromatic N) is 1. The number of hydrogen-bond donors (Lipinski definition) is 3. The number of hydrogen-bond acceptors (Lipinski definition) is 4. The van der Waals surface area contributed by atoms with Gasteiger partial charge in [0.15, 0.2) is 0 Å². The third-order valence-electron chi connectivity index (χ3n) is 4.53. The summed E-state index contributed by atoms with van der Waals surface area (Å²) in [6.07, 6.45) is 4.35. The van der Waals surface area contributed by atoms with E-state index >= 15 is 0 Å². The molecule has 1 aliphatic carbocycles. The van der Waals surface area contributed by atoms with E-state index in [2.05, 4.69) is 20.3 Å². The zero-order valence-electron chi connectivity index (χ0n) is 15.3. The van der Waals surface area contributed by atoms with Crippen molar-refractivity contribution >= 4 is 21.7 Å². The maximum atomic E-state index is 13.5. The first-order valence-corrected chi connectivity index (χ1v) is 10.6. The Balaban J connectivity index is 1.54. The molecule has 2 atom stereocenters. The summed E-state index contributed by atoms with van der Waals surface area (Å²) in [6, 6.07) is 8.68. The van der Waals surface area contributed by atoms with Crippen LogP contribution in [0.25, 0.3) is 0 Å². The number of pyridine rings is 1. The summed E-state index contributed by atoms with van der Waals surface area (Å²) in [6.45, 7) is 0.326. The molecule has 1 aromatic heterocycles. The molecule has 0 saturated heterocycles. The lowest BCUT2D eigenvalue weighted by atomic mass is 9.95. The second-order valence-electron chi connectivity index (χ2n) is 6.78. The van der Waals surface area contributed by atoms with Crippen LogP contribution in [0.2, 0.25) is 0 Å². The number of sulfonamides is 1. The minimum absolute atomic E-state index is 0.0785. The maximum Gasteiger partial charge on any atom is 0.319 e. The average molecular weight is 406 g/mol. The van der Waals surface area contributed by atoms with Gasteiger partial charge in [0.25, 0.3) is 0 Å². The molecule has 28 heavy (non-hydrogen) atoms. The summed E-state index contributed by atoms with van der Waals surface area (Å²) in [4.78, 5) is 16.0. The Bertz CT molecular complexity index is 891. The van der Waals surface area contributed by atoms with Crippen molar-refractivity contribution < 1.29 is 17.6 Å². The van der Waals surface area contributed by atoms with Gasteiger partial charge in [-0.1, -0.05) is 6.07 Å². The number of carbonyl (C=O) groups excluding carboxylic acids is 1. The number of nitrogens with one attached hydrogen (secondary N) is 3. The number of rotatable bonds is 6. The van der Waals surface area contributed by atoms with Gasteiger partial charge in [0, 0.05) is 30.7 Å². The first-order valence-electron chi connectivity index (χ1n) is 9.12. The van der Waals surface area contributed by atoms with Gasteiger partial charge < -0.3 is 10.6 Å². The Morgan fingerprint density at radius 1 is 1.18 bits per heavy atom. The molecule has 1 fully saturated rings. The lowest BCUT2D eigenvalue weighted by Crippen LogP contribution is -2.38. The third kappa shape index (κ3) is 5.74. The second kappa shape index (κ2) is 9.11. The molecule has 2 unspecified atom stereocenters. The van der Waals surface area contributed by atoms with Crippen LogP contribution in [-0.2, 0) is 16.6 Å². The average Bonchev–Trinajstić information content (AvgIpc) is 2.67. The quantitative estimate of drug-likeness (QED) is 0.687. The molecule has 150 valence electrons. The predicted octanol–water partition coefficient (Wildman–Crippen LogP) is 2.96. The second-order valence-corrected chi connectivity index (χ2v) is 8.49. The molecule has 1 aliphatic rings. The fourth-order valence-corrected chi connectivity index (χ4v) is 4.39. The van der Waals surface area contributed by atoms with Crippen LogP contribution < -0.4 is 15.4 Å². The van der Waals surface area contributed by atoms with Gasteiger partial charge in [-0.05, 0) is 61.6 Å². The van der Waals surface area contributed by atoms with Crippen molar-refractivity contribution in [1.29, 1.82) is 0 Å². The van der Waals surface area contributed by atoms with Crippen molar-refractivity contribution in [3.8, 4) is 0 Å². The van der Waals surface area contributed by atoms with Crippen LogP contribution in [-0.4, -0.2) is 31.6 Å². The van der Waals surface area contributed by atoms with E-state index in [1.54, 1.807) is 18.5 Å². The molecule has 1 aromatic carbocycles. The predicted molar refractivity (Wildman–Crippen MR) is 104 cm³/mol. The molecule has 3 rings (SSSR count). The van der Waals surface area contributed by atoms with Gasteiger partial charge in [0.1, 0.15) is 6.17 Å². The molecule has 2 amide bonds. The van der Waals surface area contributed by atoms with Gasteiger partial charge in [-0.25, -0.2) is 22.3 Å². The summed E-state index contributed by atoms with van der Waals surface area (Å²) >= 11 is 0. The fourth-order valence-electron chi connectivity index (χ4n) is 3.10. The molecule has 0 bridgehead atoms. The summed E-state index contributed by atoms with van der Waals surface area (Å²) in [5.41, 5.74) is 1.33. The number of benzene rings is 1. The molecule has 3 N–H and O–H groups in total. The number of aromatic nitrogens is 1. The van der Waals surface area contributed by atoms with Crippen molar-refractivity contribution in [1.82, 2.24) is 15.0 Å². The summed E-state index contributed by atoms with van der Waals surface area (Å²) in [5, 5.41) is 5.34. The lowest BCUT2D eigenvalue weighted by Gasteiger charge is -2.25. The van der Waals surface area contributed by atoms with Crippen LogP contribution in [0.15, 0.2) is 53.7 Å². The van der Waals surface area contributed by atoms with E-state index < -0.39 is 22.2 Å². The molecule has 0 aliphatic heterocycles. The number of alkyl halides is 1. The zero-order chi connectivity index (χ0) is 20.0. The highest BCUT2D eigenvalue weighted by Crippen LogP contribution is 2.23. The highest BCUT2D eigenvalue weighted by Gasteiger charge is 2.26. The first kappa shape index (κ1) is 20.2. The number of halogens is 1. The molecule has 1 heterocycles. The van der Waals surface area contributed by atoms with E-state index in [9.17, 15) is 17.6 Å². The molecule has 7 nitrogen and oxygen atoms in total. The maximum absolute atomic E-state index is 13.5. The monoisotopic (exact) mass is 406 g/mol. The van der Waals surface area contributed by atoms with E-state index in [1.807, 2.05) is 6.07 Å². The fraction of sp³-hybridized carbons (Fsp3) is 0.368. The zero-order valence-corrected chi connectivity index (χ0v) is 16.1. The van der Waals surface area contributed by atoms with Gasteiger partial charge in [0.2, 0.25) is 10.0 Å².